The molecule has 4 rings (SSSR count). The molecule has 2 aromatic carbocycles. The van der Waals surface area contributed by atoms with Gasteiger partial charge in [0.2, 0.25) is 5.91 Å². The molecule has 3 aromatic rings. The lowest BCUT2D eigenvalue weighted by molar-refractivity contribution is -0.139. The number of fused-ring (bicyclic) bond motifs is 3. The van der Waals surface area contributed by atoms with Gasteiger partial charge in [0.25, 0.3) is 0 Å². The zero-order chi connectivity index (χ0) is 24.9. The molecule has 1 aliphatic carbocycles. The first kappa shape index (κ1) is 24.4. The highest BCUT2D eigenvalue weighted by Crippen LogP contribution is 2.44. The third kappa shape index (κ3) is 5.68. The molecule has 35 heavy (non-hydrogen) atoms. The summed E-state index contributed by atoms with van der Waals surface area (Å²) in [6.07, 6.45) is -1.41. The fourth-order valence-electron chi connectivity index (χ4n) is 4.14. The Morgan fingerprint density at radius 1 is 1.06 bits per heavy atom. The maximum atomic E-state index is 12.6. The lowest BCUT2D eigenvalue weighted by Crippen LogP contribution is -2.48. The number of amides is 2. The third-order valence-electron chi connectivity index (χ3n) is 5.84. The molecule has 0 spiro atoms. The maximum Gasteiger partial charge on any atom is 0.407 e. The van der Waals surface area contributed by atoms with Crippen molar-refractivity contribution in [3.63, 3.8) is 0 Å². The van der Waals surface area contributed by atoms with Gasteiger partial charge in [-0.2, -0.15) is 0 Å². The van der Waals surface area contributed by atoms with Gasteiger partial charge in [0.05, 0.1) is 23.7 Å². The van der Waals surface area contributed by atoms with Crippen LogP contribution < -0.4 is 10.6 Å². The van der Waals surface area contributed by atoms with Crippen molar-refractivity contribution >= 4 is 29.3 Å². The van der Waals surface area contributed by atoms with E-state index in [1.807, 2.05) is 67.8 Å². The number of carboxylic acid groups (broad SMARTS) is 1. The Bertz CT molecular complexity index is 1190. The van der Waals surface area contributed by atoms with E-state index in [4.69, 9.17) is 4.74 Å². The van der Waals surface area contributed by atoms with Gasteiger partial charge in [-0.05, 0) is 22.3 Å². The van der Waals surface area contributed by atoms with Gasteiger partial charge in [-0.15, -0.1) is 11.3 Å². The zero-order valence-electron chi connectivity index (χ0n) is 19.5. The highest BCUT2D eigenvalue weighted by Gasteiger charge is 2.30. The van der Waals surface area contributed by atoms with E-state index in [1.165, 1.54) is 11.3 Å². The number of aliphatic carboxylic acids is 1. The van der Waals surface area contributed by atoms with Gasteiger partial charge < -0.3 is 20.5 Å². The first-order valence-corrected chi connectivity index (χ1v) is 12.3. The minimum atomic E-state index is -1.27. The summed E-state index contributed by atoms with van der Waals surface area (Å²) in [5.41, 5.74) is 5.00. The number of benzene rings is 2. The Kier molecular flexibility index (Phi) is 7.45. The van der Waals surface area contributed by atoms with E-state index in [0.717, 1.165) is 27.3 Å². The van der Waals surface area contributed by atoms with E-state index >= 15 is 0 Å². The SMILES string of the molecule is CC(C)c1nc(CNC(=O)C(CC(=O)O)NC(=O)OCC2c3ccccc3-c3ccccc32)cs1. The fourth-order valence-corrected chi connectivity index (χ4v) is 4.97. The van der Waals surface area contributed by atoms with Crippen molar-refractivity contribution in [2.45, 2.75) is 44.7 Å². The lowest BCUT2D eigenvalue weighted by Gasteiger charge is -2.18. The summed E-state index contributed by atoms with van der Waals surface area (Å²) in [7, 11) is 0. The second-order valence-corrected chi connectivity index (χ2v) is 9.56. The van der Waals surface area contributed by atoms with Crippen LogP contribution in [0.2, 0.25) is 0 Å². The quantitative estimate of drug-likeness (QED) is 0.410. The van der Waals surface area contributed by atoms with Crippen LogP contribution in [-0.2, 0) is 20.9 Å². The summed E-state index contributed by atoms with van der Waals surface area (Å²) in [5, 5.41) is 17.1. The minimum Gasteiger partial charge on any atom is -0.481 e. The summed E-state index contributed by atoms with van der Waals surface area (Å²) < 4.78 is 5.46. The number of nitrogens with one attached hydrogen (secondary N) is 2. The molecule has 3 N–H and O–H groups in total. The molecule has 0 saturated carbocycles. The number of aromatic nitrogens is 1. The highest BCUT2D eigenvalue weighted by atomic mass is 32.1. The van der Waals surface area contributed by atoms with Gasteiger partial charge in [0, 0.05) is 17.2 Å². The highest BCUT2D eigenvalue weighted by molar-refractivity contribution is 7.09. The summed E-state index contributed by atoms with van der Waals surface area (Å²) in [5.74, 6) is -1.68. The van der Waals surface area contributed by atoms with Crippen LogP contribution in [0.25, 0.3) is 11.1 Å². The number of hydrogen-bond acceptors (Lipinski definition) is 6. The van der Waals surface area contributed by atoms with E-state index < -0.39 is 30.4 Å². The van der Waals surface area contributed by atoms with Gasteiger partial charge in [-0.1, -0.05) is 62.4 Å². The number of hydrogen-bond donors (Lipinski definition) is 3. The average Bonchev–Trinajstić information content (AvgIpc) is 3.44. The van der Waals surface area contributed by atoms with Gasteiger partial charge in [0.1, 0.15) is 12.6 Å². The average molecular weight is 494 g/mol. The smallest absolute Gasteiger partial charge is 0.407 e. The van der Waals surface area contributed by atoms with Crippen LogP contribution in [0.4, 0.5) is 4.79 Å². The van der Waals surface area contributed by atoms with Gasteiger partial charge in [0.15, 0.2) is 0 Å². The van der Waals surface area contributed by atoms with E-state index in [-0.39, 0.29) is 25.0 Å². The van der Waals surface area contributed by atoms with Crippen LogP contribution in [0.3, 0.4) is 0 Å². The van der Waals surface area contributed by atoms with Crippen LogP contribution in [0, 0.1) is 0 Å². The van der Waals surface area contributed by atoms with Crippen LogP contribution in [0.5, 0.6) is 0 Å². The molecule has 2 amide bonds. The summed E-state index contributed by atoms with van der Waals surface area (Å²) in [6, 6.07) is 14.6. The van der Waals surface area contributed by atoms with Gasteiger partial charge >= 0.3 is 12.1 Å². The number of alkyl carbamates (subject to hydrolysis) is 1. The molecule has 182 valence electrons. The maximum absolute atomic E-state index is 12.6. The number of nitrogens with zero attached hydrogens (tertiary/aromatic N) is 1. The molecule has 0 aliphatic heterocycles. The molecule has 8 nitrogen and oxygen atoms in total. The normalized spacial score (nSPS) is 13.1. The van der Waals surface area contributed by atoms with Gasteiger partial charge in [-0.3, -0.25) is 9.59 Å². The fraction of sp³-hybridized carbons (Fsp3) is 0.308. The van der Waals surface area contributed by atoms with Crippen molar-refractivity contribution in [1.82, 2.24) is 15.6 Å². The lowest BCUT2D eigenvalue weighted by atomic mass is 9.98. The van der Waals surface area contributed by atoms with E-state index in [1.54, 1.807) is 0 Å². The number of rotatable bonds is 9. The Morgan fingerprint density at radius 3 is 2.26 bits per heavy atom. The van der Waals surface area contributed by atoms with Gasteiger partial charge in [-0.25, -0.2) is 9.78 Å². The molecule has 1 aliphatic rings. The molecular weight excluding hydrogens is 466 g/mol. The Balaban J connectivity index is 1.37. The zero-order valence-corrected chi connectivity index (χ0v) is 20.3. The predicted molar refractivity (Wildman–Crippen MR) is 132 cm³/mol. The summed E-state index contributed by atoms with van der Waals surface area (Å²) in [4.78, 5) is 41.0. The molecule has 9 heteroatoms. The second kappa shape index (κ2) is 10.7. The molecule has 1 aromatic heterocycles. The number of carbonyl (C=O) groups is 3. The largest absolute Gasteiger partial charge is 0.481 e. The molecule has 0 fully saturated rings. The van der Waals surface area contributed by atoms with Crippen molar-refractivity contribution in [3.8, 4) is 11.1 Å². The number of carboxylic acids is 1. The number of thiazole rings is 1. The Hall–Kier alpha value is -3.72. The van der Waals surface area contributed by atoms with Crippen LogP contribution in [-0.4, -0.2) is 40.7 Å². The van der Waals surface area contributed by atoms with Crippen LogP contribution in [0.15, 0.2) is 53.9 Å². The van der Waals surface area contributed by atoms with Crippen molar-refractivity contribution in [2.24, 2.45) is 0 Å². The van der Waals surface area contributed by atoms with E-state index in [9.17, 15) is 19.5 Å². The van der Waals surface area contributed by atoms with Crippen LogP contribution >= 0.6 is 11.3 Å². The summed E-state index contributed by atoms with van der Waals surface area (Å²) >= 11 is 1.50. The standard InChI is InChI=1S/C26H27N3O5S/c1-15(2)25-28-16(14-35-25)12-27-24(32)22(11-23(30)31)29-26(33)34-13-21-19-9-5-3-7-17(19)18-8-4-6-10-20(18)21/h3-10,14-15,21-22H,11-13H2,1-2H3,(H,27,32)(H,29,33)(H,30,31). The molecular formula is C26H27N3O5S. The molecule has 1 atom stereocenters. The second-order valence-electron chi connectivity index (χ2n) is 8.67. The monoisotopic (exact) mass is 493 g/mol. The molecule has 0 radical (unpaired) electrons. The molecule has 1 unspecified atom stereocenters. The van der Waals surface area contributed by atoms with E-state index in [0.29, 0.717) is 5.69 Å². The molecule has 0 saturated heterocycles. The Morgan fingerprint density at radius 2 is 1.69 bits per heavy atom. The van der Waals surface area contributed by atoms with Crippen molar-refractivity contribution in [3.05, 3.63) is 75.7 Å². The topological polar surface area (TPSA) is 118 Å². The minimum absolute atomic E-state index is 0.0675. The van der Waals surface area contributed by atoms with Crippen LogP contribution in [0.1, 0.15) is 53.9 Å². The molecule has 1 heterocycles. The number of carbonyl (C=O) groups excluding carboxylic acids is 2. The number of ether oxygens (including phenoxy) is 1. The predicted octanol–water partition coefficient (Wildman–Crippen LogP) is 4.26. The van der Waals surface area contributed by atoms with Crippen molar-refractivity contribution < 1.29 is 24.2 Å². The Labute approximate surface area is 207 Å². The molecule has 0 bridgehead atoms. The van der Waals surface area contributed by atoms with Crippen molar-refractivity contribution in [2.75, 3.05) is 6.61 Å². The summed E-state index contributed by atoms with van der Waals surface area (Å²) in [6.45, 7) is 4.27. The first-order valence-electron chi connectivity index (χ1n) is 11.4. The van der Waals surface area contributed by atoms with Crippen molar-refractivity contribution in [1.29, 1.82) is 0 Å². The third-order valence-corrected chi connectivity index (χ3v) is 7.03. The first-order chi connectivity index (χ1) is 16.8. The van der Waals surface area contributed by atoms with E-state index in [2.05, 4.69) is 15.6 Å².